The Morgan fingerprint density at radius 3 is 2.60 bits per heavy atom. The zero-order valence-electron chi connectivity index (χ0n) is 11.0. The van der Waals surface area contributed by atoms with Crippen molar-refractivity contribution in [2.45, 2.75) is 20.3 Å². The molecule has 1 aromatic carbocycles. The summed E-state index contributed by atoms with van der Waals surface area (Å²) >= 11 is 2.94. The van der Waals surface area contributed by atoms with Crippen LogP contribution in [0.4, 0.5) is 14.5 Å². The minimum Gasteiger partial charge on any atom is -0.455 e. The highest BCUT2D eigenvalue weighted by Crippen LogP contribution is 2.26. The standard InChI is InChI=1S/C13H14BrF2NO3/c1-3-7(2)13(19)20-6-11(18)17-12-9(14)4-8(15)5-10(12)16/h4-5,7H,3,6H2,1-2H3,(H,17,18). The molecular weight excluding hydrogens is 336 g/mol. The van der Waals surface area contributed by atoms with Crippen LogP contribution >= 0.6 is 15.9 Å². The maximum Gasteiger partial charge on any atom is 0.309 e. The predicted octanol–water partition coefficient (Wildman–Crippen LogP) is 3.26. The second kappa shape index (κ2) is 7.33. The molecule has 110 valence electrons. The average Bonchev–Trinajstić information content (AvgIpc) is 2.39. The molecule has 0 aliphatic carbocycles. The number of esters is 1. The molecule has 0 fully saturated rings. The summed E-state index contributed by atoms with van der Waals surface area (Å²) in [5.74, 6) is -3.19. The van der Waals surface area contributed by atoms with Gasteiger partial charge in [0.1, 0.15) is 5.82 Å². The molecule has 0 bridgehead atoms. The summed E-state index contributed by atoms with van der Waals surface area (Å²) in [4.78, 5) is 22.9. The Morgan fingerprint density at radius 1 is 1.40 bits per heavy atom. The molecule has 0 saturated heterocycles. The van der Waals surface area contributed by atoms with Gasteiger partial charge in [0.2, 0.25) is 0 Å². The largest absolute Gasteiger partial charge is 0.455 e. The Labute approximate surface area is 123 Å². The van der Waals surface area contributed by atoms with Crippen LogP contribution in [0, 0.1) is 17.6 Å². The molecule has 1 aromatic rings. The molecule has 1 amide bonds. The minimum absolute atomic E-state index is 0.0663. The first-order chi connectivity index (χ1) is 9.35. The number of halogens is 3. The third-order valence-corrected chi connectivity index (χ3v) is 3.26. The topological polar surface area (TPSA) is 55.4 Å². The first-order valence-corrected chi connectivity index (χ1v) is 6.75. The van der Waals surface area contributed by atoms with Gasteiger partial charge in [0.15, 0.2) is 12.4 Å². The summed E-state index contributed by atoms with van der Waals surface area (Å²) in [5, 5.41) is 2.21. The third-order valence-electron chi connectivity index (χ3n) is 2.63. The van der Waals surface area contributed by atoms with E-state index in [0.29, 0.717) is 12.5 Å². The molecule has 1 atom stereocenters. The molecule has 0 aliphatic heterocycles. The highest BCUT2D eigenvalue weighted by Gasteiger charge is 2.16. The van der Waals surface area contributed by atoms with Crippen LogP contribution in [-0.2, 0) is 14.3 Å². The van der Waals surface area contributed by atoms with Crippen LogP contribution < -0.4 is 5.32 Å². The monoisotopic (exact) mass is 349 g/mol. The van der Waals surface area contributed by atoms with E-state index in [1.165, 1.54) is 0 Å². The smallest absolute Gasteiger partial charge is 0.309 e. The Bertz CT molecular complexity index is 499. The molecule has 0 aliphatic rings. The van der Waals surface area contributed by atoms with E-state index < -0.39 is 30.1 Å². The summed E-state index contributed by atoms with van der Waals surface area (Å²) in [6, 6.07) is 1.66. The Kier molecular flexibility index (Phi) is 6.06. The van der Waals surface area contributed by atoms with Gasteiger partial charge in [-0.3, -0.25) is 9.59 Å². The van der Waals surface area contributed by atoms with Crippen LogP contribution in [0.2, 0.25) is 0 Å². The quantitative estimate of drug-likeness (QED) is 0.830. The summed E-state index contributed by atoms with van der Waals surface area (Å²) in [7, 11) is 0. The normalized spacial score (nSPS) is 11.8. The van der Waals surface area contributed by atoms with Crippen molar-refractivity contribution in [3.63, 3.8) is 0 Å². The molecule has 1 N–H and O–H groups in total. The lowest BCUT2D eigenvalue weighted by atomic mass is 10.1. The number of benzene rings is 1. The van der Waals surface area contributed by atoms with Gasteiger partial charge >= 0.3 is 5.97 Å². The molecule has 4 nitrogen and oxygen atoms in total. The number of anilines is 1. The molecule has 20 heavy (non-hydrogen) atoms. The Hall–Kier alpha value is -1.50. The van der Waals surface area contributed by atoms with Crippen LogP contribution in [0.1, 0.15) is 20.3 Å². The number of rotatable bonds is 5. The summed E-state index contributed by atoms with van der Waals surface area (Å²) in [6.45, 7) is 2.97. The number of hydrogen-bond acceptors (Lipinski definition) is 3. The maximum absolute atomic E-state index is 13.5. The lowest BCUT2D eigenvalue weighted by Gasteiger charge is -2.11. The lowest BCUT2D eigenvalue weighted by molar-refractivity contribution is -0.151. The summed E-state index contributed by atoms with van der Waals surface area (Å²) in [5.41, 5.74) is -0.198. The van der Waals surface area contributed by atoms with Crippen molar-refractivity contribution in [3.8, 4) is 0 Å². The first kappa shape index (κ1) is 16.6. The van der Waals surface area contributed by atoms with Crippen molar-refractivity contribution >= 4 is 33.5 Å². The van der Waals surface area contributed by atoms with Gasteiger partial charge in [-0.15, -0.1) is 0 Å². The lowest BCUT2D eigenvalue weighted by Crippen LogP contribution is -2.24. The van der Waals surface area contributed by atoms with Gasteiger partial charge < -0.3 is 10.1 Å². The van der Waals surface area contributed by atoms with E-state index in [-0.39, 0.29) is 16.1 Å². The summed E-state index contributed by atoms with van der Waals surface area (Å²) < 4.78 is 31.2. The second-order valence-electron chi connectivity index (χ2n) is 4.21. The van der Waals surface area contributed by atoms with Gasteiger partial charge in [0.25, 0.3) is 5.91 Å². The molecule has 0 heterocycles. The number of amides is 1. The fraction of sp³-hybridized carbons (Fsp3) is 0.385. The molecule has 1 rings (SSSR count). The van der Waals surface area contributed by atoms with Gasteiger partial charge in [-0.25, -0.2) is 8.78 Å². The zero-order chi connectivity index (χ0) is 15.3. The summed E-state index contributed by atoms with van der Waals surface area (Å²) in [6.07, 6.45) is 0.596. The van der Waals surface area contributed by atoms with E-state index in [0.717, 1.165) is 6.07 Å². The van der Waals surface area contributed by atoms with Crippen LogP contribution in [-0.4, -0.2) is 18.5 Å². The minimum atomic E-state index is -0.918. The van der Waals surface area contributed by atoms with Gasteiger partial charge in [0, 0.05) is 10.5 Å². The van der Waals surface area contributed by atoms with Crippen LogP contribution in [0.25, 0.3) is 0 Å². The van der Waals surface area contributed by atoms with Gasteiger partial charge in [-0.05, 0) is 28.4 Å². The maximum atomic E-state index is 13.5. The van der Waals surface area contributed by atoms with Gasteiger partial charge in [-0.1, -0.05) is 13.8 Å². The first-order valence-electron chi connectivity index (χ1n) is 5.96. The Balaban J connectivity index is 2.62. The van der Waals surface area contributed by atoms with Crippen molar-refractivity contribution in [3.05, 3.63) is 28.2 Å². The van der Waals surface area contributed by atoms with E-state index >= 15 is 0 Å². The SMILES string of the molecule is CCC(C)C(=O)OCC(=O)Nc1c(F)cc(F)cc1Br. The molecule has 7 heteroatoms. The second-order valence-corrected chi connectivity index (χ2v) is 5.06. The molecule has 0 radical (unpaired) electrons. The van der Waals surface area contributed by atoms with Crippen molar-refractivity contribution < 1.29 is 23.1 Å². The van der Waals surface area contributed by atoms with E-state index in [4.69, 9.17) is 4.74 Å². The predicted molar refractivity (Wildman–Crippen MR) is 73.1 cm³/mol. The van der Waals surface area contributed by atoms with Gasteiger partial charge in [0.05, 0.1) is 11.6 Å². The number of carbonyl (C=O) groups excluding carboxylic acids is 2. The number of carbonyl (C=O) groups is 2. The highest BCUT2D eigenvalue weighted by atomic mass is 79.9. The number of ether oxygens (including phenoxy) is 1. The van der Waals surface area contributed by atoms with Crippen molar-refractivity contribution in [1.82, 2.24) is 0 Å². The number of nitrogens with one attached hydrogen (secondary N) is 1. The fourth-order valence-electron chi connectivity index (χ4n) is 1.28. The van der Waals surface area contributed by atoms with Gasteiger partial charge in [-0.2, -0.15) is 0 Å². The van der Waals surface area contributed by atoms with Crippen molar-refractivity contribution in [2.75, 3.05) is 11.9 Å². The van der Waals surface area contributed by atoms with E-state index in [1.54, 1.807) is 6.92 Å². The third kappa shape index (κ3) is 4.56. The molecule has 0 spiro atoms. The molecule has 0 saturated carbocycles. The molecule has 0 aromatic heterocycles. The van der Waals surface area contributed by atoms with Crippen molar-refractivity contribution in [1.29, 1.82) is 0 Å². The number of hydrogen-bond donors (Lipinski definition) is 1. The Morgan fingerprint density at radius 2 is 2.05 bits per heavy atom. The fourth-order valence-corrected chi connectivity index (χ4v) is 1.79. The molecular formula is C13H14BrF2NO3. The van der Waals surface area contributed by atoms with Crippen LogP contribution in [0.15, 0.2) is 16.6 Å². The van der Waals surface area contributed by atoms with Crippen LogP contribution in [0.5, 0.6) is 0 Å². The highest BCUT2D eigenvalue weighted by molar-refractivity contribution is 9.10. The van der Waals surface area contributed by atoms with Crippen molar-refractivity contribution in [2.24, 2.45) is 5.92 Å². The van der Waals surface area contributed by atoms with Crippen LogP contribution in [0.3, 0.4) is 0 Å². The molecule has 1 unspecified atom stereocenters. The average molecular weight is 350 g/mol. The zero-order valence-corrected chi connectivity index (χ0v) is 12.6. The van der Waals surface area contributed by atoms with E-state index in [2.05, 4.69) is 21.2 Å². The van der Waals surface area contributed by atoms with E-state index in [1.807, 2.05) is 6.92 Å². The van der Waals surface area contributed by atoms with E-state index in [9.17, 15) is 18.4 Å².